The van der Waals surface area contributed by atoms with E-state index >= 15 is 0 Å². The summed E-state index contributed by atoms with van der Waals surface area (Å²) in [5.41, 5.74) is 1.28. The molecule has 0 saturated carbocycles. The summed E-state index contributed by atoms with van der Waals surface area (Å²) in [4.78, 5) is 1.31. The average molecular weight is 355 g/mol. The molecule has 0 radical (unpaired) electrons. The number of ether oxygens (including phenoxy) is 1. The van der Waals surface area contributed by atoms with E-state index in [0.29, 0.717) is 6.54 Å². The Morgan fingerprint density at radius 3 is 2.76 bits per heavy atom. The van der Waals surface area contributed by atoms with Gasteiger partial charge in [-0.1, -0.05) is 24.3 Å². The van der Waals surface area contributed by atoms with Crippen molar-refractivity contribution in [1.29, 1.82) is 0 Å². The van der Waals surface area contributed by atoms with Gasteiger partial charge in [-0.2, -0.15) is 9.78 Å². The second-order valence-corrected chi connectivity index (χ2v) is 6.56. The molecular weight excluding hydrogens is 332 g/mol. The number of fused-ring (bicyclic) bond motifs is 1. The van der Waals surface area contributed by atoms with Crippen molar-refractivity contribution in [2.45, 2.75) is 19.8 Å². The number of nitrogens with zero attached hydrogens (tertiary/aromatic N) is 3. The lowest BCUT2D eigenvalue weighted by Crippen LogP contribution is -3.07. The van der Waals surface area contributed by atoms with Crippen LogP contribution < -0.4 is 9.64 Å². The van der Waals surface area contributed by atoms with Crippen molar-refractivity contribution in [2.24, 2.45) is 0 Å². The summed E-state index contributed by atoms with van der Waals surface area (Å²) in [6.45, 7) is 6.05. The molecule has 0 saturated heterocycles. The molecule has 0 bridgehead atoms. The number of methoxy groups -OCH3 is 1. The van der Waals surface area contributed by atoms with Crippen LogP contribution in [0.15, 0.2) is 55.4 Å². The number of hydrogen-bond donors (Lipinski definition) is 1. The normalized spacial score (nSPS) is 12.2. The van der Waals surface area contributed by atoms with Crippen molar-refractivity contribution < 1.29 is 9.64 Å². The molecule has 0 fully saturated rings. The van der Waals surface area contributed by atoms with Crippen molar-refractivity contribution in [3.8, 4) is 5.75 Å². The molecule has 0 aliphatic heterocycles. The van der Waals surface area contributed by atoms with Crippen molar-refractivity contribution in [3.05, 3.63) is 65.7 Å². The second-order valence-electron chi connectivity index (χ2n) is 6.19. The molecular formula is C19H23N4OS+. The van der Waals surface area contributed by atoms with Gasteiger partial charge >= 0.3 is 0 Å². The Balaban J connectivity index is 1.72. The van der Waals surface area contributed by atoms with E-state index in [2.05, 4.69) is 49.1 Å². The van der Waals surface area contributed by atoms with Crippen LogP contribution in [-0.2, 0) is 19.8 Å². The minimum Gasteiger partial charge on any atom is -0.497 e. The number of rotatable bonds is 7. The Kier molecular flexibility index (Phi) is 5.31. The van der Waals surface area contributed by atoms with E-state index in [-0.39, 0.29) is 0 Å². The third kappa shape index (κ3) is 3.97. The first-order valence-electron chi connectivity index (χ1n) is 8.22. The lowest BCUT2D eigenvalue weighted by Gasteiger charge is -2.14. The van der Waals surface area contributed by atoms with E-state index in [1.807, 2.05) is 21.4 Å². The monoisotopic (exact) mass is 355 g/mol. The molecule has 1 heterocycles. The Morgan fingerprint density at radius 1 is 1.24 bits per heavy atom. The first-order valence-corrected chi connectivity index (χ1v) is 8.62. The standard InChI is InChI=1S/C19H22N4OS/c1-4-9-22-13-20-23(19(22)25)14-21(2)12-15-5-6-17-11-18(24-3)8-7-16(17)10-15/h4-8,10-11,13H,1,9,12,14H2,2-3H3/p+1. The summed E-state index contributed by atoms with van der Waals surface area (Å²) < 4.78 is 9.79. The van der Waals surface area contributed by atoms with Crippen molar-refractivity contribution in [1.82, 2.24) is 14.3 Å². The van der Waals surface area contributed by atoms with Gasteiger partial charge in [-0.15, -0.1) is 6.58 Å². The third-order valence-electron chi connectivity index (χ3n) is 4.16. The topological polar surface area (TPSA) is 36.4 Å². The van der Waals surface area contributed by atoms with Crippen LogP contribution in [-0.4, -0.2) is 28.5 Å². The number of quaternary nitrogens is 1. The van der Waals surface area contributed by atoms with Crippen LogP contribution in [0.25, 0.3) is 10.8 Å². The van der Waals surface area contributed by atoms with Crippen LogP contribution in [0.4, 0.5) is 0 Å². The SMILES string of the molecule is C=CCn1cnn(C[NH+](C)Cc2ccc3cc(OC)ccc3c2)c1=S. The van der Waals surface area contributed by atoms with Gasteiger partial charge in [-0.3, -0.25) is 0 Å². The molecule has 0 amide bonds. The van der Waals surface area contributed by atoms with Gasteiger partial charge in [0.2, 0.25) is 4.77 Å². The van der Waals surface area contributed by atoms with Gasteiger partial charge in [-0.25, -0.2) is 0 Å². The maximum Gasteiger partial charge on any atom is 0.202 e. The zero-order valence-electron chi connectivity index (χ0n) is 14.6. The fourth-order valence-electron chi connectivity index (χ4n) is 2.91. The van der Waals surface area contributed by atoms with Gasteiger partial charge in [0.15, 0.2) is 6.67 Å². The maximum atomic E-state index is 5.45. The molecule has 3 aromatic rings. The van der Waals surface area contributed by atoms with E-state index in [9.17, 15) is 0 Å². The Morgan fingerprint density at radius 2 is 2.00 bits per heavy atom. The molecule has 0 aliphatic carbocycles. The largest absolute Gasteiger partial charge is 0.497 e. The van der Waals surface area contributed by atoms with Crippen LogP contribution in [0, 0.1) is 4.77 Å². The lowest BCUT2D eigenvalue weighted by atomic mass is 10.1. The van der Waals surface area contributed by atoms with Crippen LogP contribution in [0.1, 0.15) is 5.56 Å². The zero-order chi connectivity index (χ0) is 17.8. The summed E-state index contributed by atoms with van der Waals surface area (Å²) >= 11 is 5.45. The molecule has 130 valence electrons. The summed E-state index contributed by atoms with van der Waals surface area (Å²) in [6.07, 6.45) is 3.59. The Bertz CT molecular complexity index is 944. The van der Waals surface area contributed by atoms with E-state index in [1.54, 1.807) is 13.4 Å². The number of allylic oxidation sites excluding steroid dienone is 1. The van der Waals surface area contributed by atoms with Gasteiger partial charge in [0.1, 0.15) is 18.6 Å². The summed E-state index contributed by atoms with van der Waals surface area (Å²) in [5, 5.41) is 6.78. The lowest BCUT2D eigenvalue weighted by molar-refractivity contribution is -0.917. The fourth-order valence-corrected chi connectivity index (χ4v) is 3.15. The average Bonchev–Trinajstić information content (AvgIpc) is 2.95. The smallest absolute Gasteiger partial charge is 0.202 e. The van der Waals surface area contributed by atoms with Crippen LogP contribution >= 0.6 is 12.2 Å². The second kappa shape index (κ2) is 7.63. The Hall–Kier alpha value is -2.44. The molecule has 6 heteroatoms. The summed E-state index contributed by atoms with van der Waals surface area (Å²) in [7, 11) is 3.84. The van der Waals surface area contributed by atoms with Gasteiger partial charge < -0.3 is 14.2 Å². The highest BCUT2D eigenvalue weighted by atomic mass is 32.1. The van der Waals surface area contributed by atoms with E-state index in [1.165, 1.54) is 21.2 Å². The van der Waals surface area contributed by atoms with Gasteiger partial charge in [-0.05, 0) is 41.2 Å². The molecule has 1 atom stereocenters. The highest BCUT2D eigenvalue weighted by molar-refractivity contribution is 7.71. The van der Waals surface area contributed by atoms with Crippen LogP contribution in [0.2, 0.25) is 0 Å². The quantitative estimate of drug-likeness (QED) is 0.522. The van der Waals surface area contributed by atoms with Crippen molar-refractivity contribution >= 4 is 23.0 Å². The fraction of sp³-hybridized carbons (Fsp3) is 0.263. The van der Waals surface area contributed by atoms with E-state index in [0.717, 1.165) is 23.7 Å². The number of aromatic nitrogens is 3. The van der Waals surface area contributed by atoms with Crippen molar-refractivity contribution in [3.63, 3.8) is 0 Å². The van der Waals surface area contributed by atoms with Gasteiger partial charge in [0, 0.05) is 12.1 Å². The summed E-state index contributed by atoms with van der Waals surface area (Å²) in [5.74, 6) is 0.882. The molecule has 3 rings (SSSR count). The zero-order valence-corrected chi connectivity index (χ0v) is 15.4. The van der Waals surface area contributed by atoms with Crippen LogP contribution in [0.5, 0.6) is 5.75 Å². The van der Waals surface area contributed by atoms with Gasteiger partial charge in [0.05, 0.1) is 14.2 Å². The first-order chi connectivity index (χ1) is 12.1. The molecule has 2 aromatic carbocycles. The highest BCUT2D eigenvalue weighted by Crippen LogP contribution is 2.21. The molecule has 5 nitrogen and oxygen atoms in total. The maximum absolute atomic E-state index is 5.45. The molecule has 1 unspecified atom stereocenters. The molecule has 0 aliphatic rings. The number of nitrogens with one attached hydrogen (secondary N) is 1. The third-order valence-corrected chi connectivity index (χ3v) is 4.61. The Labute approximate surface area is 152 Å². The number of benzene rings is 2. The van der Waals surface area contributed by atoms with Crippen LogP contribution in [0.3, 0.4) is 0 Å². The van der Waals surface area contributed by atoms with Crippen molar-refractivity contribution in [2.75, 3.05) is 14.2 Å². The van der Waals surface area contributed by atoms with Gasteiger partial charge in [0.25, 0.3) is 0 Å². The first kappa shape index (κ1) is 17.4. The summed E-state index contributed by atoms with van der Waals surface area (Å²) in [6, 6.07) is 12.7. The highest BCUT2D eigenvalue weighted by Gasteiger charge is 2.09. The molecule has 1 N–H and O–H groups in total. The molecule has 1 aromatic heterocycles. The molecule has 0 spiro atoms. The number of hydrogen-bond acceptors (Lipinski definition) is 3. The minimum absolute atomic E-state index is 0.687. The molecule has 25 heavy (non-hydrogen) atoms. The minimum atomic E-state index is 0.687. The van der Waals surface area contributed by atoms with E-state index < -0.39 is 0 Å². The predicted molar refractivity (Wildman–Crippen MR) is 102 cm³/mol. The predicted octanol–water partition coefficient (Wildman–Crippen LogP) is 2.43. The van der Waals surface area contributed by atoms with E-state index in [4.69, 9.17) is 17.0 Å².